The topological polar surface area (TPSA) is 20.2 Å². The van der Waals surface area contributed by atoms with E-state index in [9.17, 15) is 5.11 Å². The van der Waals surface area contributed by atoms with Crippen LogP contribution in [0.1, 0.15) is 79.1 Å². The van der Waals surface area contributed by atoms with Gasteiger partial charge in [0.15, 0.2) is 0 Å². The molecule has 5 atom stereocenters. The molecule has 0 aromatic rings. The smallest absolute Gasteiger partial charge is 0.0573 e. The van der Waals surface area contributed by atoms with Crippen LogP contribution in [0.4, 0.5) is 0 Å². The van der Waals surface area contributed by atoms with Crippen molar-refractivity contribution in [2.45, 2.75) is 85.2 Å². The molecule has 0 amide bonds. The molecule has 2 saturated carbocycles. The monoisotopic (exact) mass is 266 g/mol. The third-order valence-electron chi connectivity index (χ3n) is 6.29. The Bertz CT molecular complexity index is 285. The van der Waals surface area contributed by atoms with Gasteiger partial charge in [0, 0.05) is 0 Å². The Morgan fingerprint density at radius 3 is 2.53 bits per heavy atom. The Morgan fingerprint density at radius 2 is 1.84 bits per heavy atom. The zero-order chi connectivity index (χ0) is 14.0. The van der Waals surface area contributed by atoms with Gasteiger partial charge in [0.05, 0.1) is 6.10 Å². The molecule has 2 fully saturated rings. The molecule has 0 radical (unpaired) electrons. The molecule has 0 aromatic heterocycles. The molecule has 112 valence electrons. The lowest BCUT2D eigenvalue weighted by Crippen LogP contribution is -2.41. The van der Waals surface area contributed by atoms with Crippen LogP contribution in [-0.2, 0) is 0 Å². The van der Waals surface area contributed by atoms with Gasteiger partial charge < -0.3 is 5.11 Å². The largest absolute Gasteiger partial charge is 0.393 e. The van der Waals surface area contributed by atoms with Gasteiger partial charge in [0.1, 0.15) is 0 Å². The van der Waals surface area contributed by atoms with E-state index in [1.165, 1.54) is 44.9 Å². The zero-order valence-corrected chi connectivity index (χ0v) is 13.5. The predicted octanol–water partition coefficient (Wildman–Crippen LogP) is 5.03. The lowest BCUT2D eigenvalue weighted by atomic mass is 9.61. The quantitative estimate of drug-likeness (QED) is 0.740. The highest BCUT2D eigenvalue weighted by molar-refractivity contribution is 5.01. The molecule has 0 aliphatic heterocycles. The van der Waals surface area contributed by atoms with Gasteiger partial charge in [-0.2, -0.15) is 0 Å². The second-order valence-corrected chi connectivity index (χ2v) is 8.06. The Balaban J connectivity index is 1.93. The van der Waals surface area contributed by atoms with Gasteiger partial charge in [0.2, 0.25) is 0 Å². The molecule has 2 aliphatic rings. The van der Waals surface area contributed by atoms with Crippen molar-refractivity contribution in [2.75, 3.05) is 0 Å². The number of rotatable bonds is 5. The highest BCUT2D eigenvalue weighted by Gasteiger charge is 2.51. The van der Waals surface area contributed by atoms with E-state index in [0.29, 0.717) is 11.3 Å². The summed E-state index contributed by atoms with van der Waals surface area (Å²) in [6.45, 7) is 9.61. The van der Waals surface area contributed by atoms with Crippen molar-refractivity contribution in [3.8, 4) is 0 Å². The maximum atomic E-state index is 10.3. The lowest BCUT2D eigenvalue weighted by molar-refractivity contribution is -0.0278. The van der Waals surface area contributed by atoms with E-state index in [4.69, 9.17) is 0 Å². The summed E-state index contributed by atoms with van der Waals surface area (Å²) < 4.78 is 0. The fourth-order valence-corrected chi connectivity index (χ4v) is 5.17. The first kappa shape index (κ1) is 15.4. The maximum Gasteiger partial charge on any atom is 0.0573 e. The summed E-state index contributed by atoms with van der Waals surface area (Å²) in [7, 11) is 0. The average Bonchev–Trinajstić information content (AvgIpc) is 2.67. The third-order valence-corrected chi connectivity index (χ3v) is 6.29. The highest BCUT2D eigenvalue weighted by Crippen LogP contribution is 2.58. The molecule has 2 aliphatic carbocycles. The number of hydrogen-bond donors (Lipinski definition) is 1. The predicted molar refractivity (Wildman–Crippen MR) is 82.0 cm³/mol. The minimum atomic E-state index is -0.00776. The van der Waals surface area contributed by atoms with E-state index < -0.39 is 0 Å². The van der Waals surface area contributed by atoms with Gasteiger partial charge in [-0.3, -0.25) is 0 Å². The van der Waals surface area contributed by atoms with Crippen LogP contribution in [0, 0.1) is 29.1 Å². The Kier molecular flexibility index (Phi) is 4.98. The summed E-state index contributed by atoms with van der Waals surface area (Å²) in [6.07, 6.45) is 10.4. The van der Waals surface area contributed by atoms with Gasteiger partial charge in [-0.05, 0) is 54.8 Å². The lowest BCUT2D eigenvalue weighted by Gasteiger charge is -2.45. The molecule has 0 heterocycles. The van der Waals surface area contributed by atoms with Crippen molar-refractivity contribution in [1.82, 2.24) is 0 Å². The van der Waals surface area contributed by atoms with E-state index in [2.05, 4.69) is 27.7 Å². The van der Waals surface area contributed by atoms with E-state index in [1.807, 2.05) is 0 Å². The minimum absolute atomic E-state index is 0.00776. The van der Waals surface area contributed by atoms with Crippen LogP contribution in [0.5, 0.6) is 0 Å². The van der Waals surface area contributed by atoms with Gasteiger partial charge >= 0.3 is 0 Å². The van der Waals surface area contributed by atoms with E-state index in [0.717, 1.165) is 24.2 Å². The van der Waals surface area contributed by atoms with Crippen molar-refractivity contribution in [3.05, 3.63) is 0 Å². The Hall–Kier alpha value is -0.0400. The first-order valence-corrected chi connectivity index (χ1v) is 8.63. The normalized spacial score (nSPS) is 40.4. The number of aliphatic hydroxyl groups excluding tert-OH is 1. The first-order chi connectivity index (χ1) is 8.95. The summed E-state index contributed by atoms with van der Waals surface area (Å²) >= 11 is 0. The second kappa shape index (κ2) is 6.16. The fourth-order valence-electron chi connectivity index (χ4n) is 5.17. The van der Waals surface area contributed by atoms with Crippen molar-refractivity contribution in [2.24, 2.45) is 29.1 Å². The van der Waals surface area contributed by atoms with Crippen LogP contribution in [0.2, 0.25) is 0 Å². The van der Waals surface area contributed by atoms with Crippen molar-refractivity contribution in [1.29, 1.82) is 0 Å². The molecule has 1 nitrogen and oxygen atoms in total. The molecule has 19 heavy (non-hydrogen) atoms. The number of hydrogen-bond acceptors (Lipinski definition) is 1. The summed E-state index contributed by atoms with van der Waals surface area (Å²) in [5.74, 6) is 3.15. The van der Waals surface area contributed by atoms with E-state index >= 15 is 0 Å². The standard InChI is InChI=1S/C18H34O/c1-13(2)7-5-8-14(3)15-10-11-16-17(19)9-6-12-18(15,16)4/h13-17,19H,5-12H2,1-4H3/t14-,15+,16-,17?,18+/m0/s1. The molecular formula is C18H34O. The third kappa shape index (κ3) is 3.17. The van der Waals surface area contributed by atoms with E-state index in [-0.39, 0.29) is 6.10 Å². The zero-order valence-electron chi connectivity index (χ0n) is 13.5. The second-order valence-electron chi connectivity index (χ2n) is 8.06. The van der Waals surface area contributed by atoms with Crippen LogP contribution in [0.3, 0.4) is 0 Å². The van der Waals surface area contributed by atoms with Crippen LogP contribution < -0.4 is 0 Å². The molecule has 0 spiro atoms. The van der Waals surface area contributed by atoms with Gasteiger partial charge in [0.25, 0.3) is 0 Å². The molecule has 1 N–H and O–H groups in total. The van der Waals surface area contributed by atoms with Crippen molar-refractivity contribution < 1.29 is 5.11 Å². The van der Waals surface area contributed by atoms with E-state index in [1.54, 1.807) is 0 Å². The molecule has 1 unspecified atom stereocenters. The fraction of sp³-hybridized carbons (Fsp3) is 1.00. The molecule has 0 bridgehead atoms. The van der Waals surface area contributed by atoms with Gasteiger partial charge in [-0.15, -0.1) is 0 Å². The van der Waals surface area contributed by atoms with Crippen LogP contribution in [0.25, 0.3) is 0 Å². The van der Waals surface area contributed by atoms with Gasteiger partial charge in [-0.25, -0.2) is 0 Å². The van der Waals surface area contributed by atoms with Gasteiger partial charge in [-0.1, -0.05) is 53.4 Å². The molecule has 1 heteroatoms. The van der Waals surface area contributed by atoms with Crippen LogP contribution in [-0.4, -0.2) is 11.2 Å². The minimum Gasteiger partial charge on any atom is -0.393 e. The first-order valence-electron chi connectivity index (χ1n) is 8.63. The summed E-state index contributed by atoms with van der Waals surface area (Å²) in [4.78, 5) is 0. The summed E-state index contributed by atoms with van der Waals surface area (Å²) in [6, 6.07) is 0. The Morgan fingerprint density at radius 1 is 1.11 bits per heavy atom. The van der Waals surface area contributed by atoms with Crippen molar-refractivity contribution >= 4 is 0 Å². The number of aliphatic hydroxyl groups is 1. The molecular weight excluding hydrogens is 232 g/mol. The van der Waals surface area contributed by atoms with Crippen LogP contribution >= 0.6 is 0 Å². The van der Waals surface area contributed by atoms with Crippen molar-refractivity contribution in [3.63, 3.8) is 0 Å². The molecule has 0 saturated heterocycles. The maximum absolute atomic E-state index is 10.3. The summed E-state index contributed by atoms with van der Waals surface area (Å²) in [5.41, 5.74) is 0.439. The molecule has 2 rings (SSSR count). The number of fused-ring (bicyclic) bond motifs is 1. The van der Waals surface area contributed by atoms with Crippen LogP contribution in [0.15, 0.2) is 0 Å². The SMILES string of the molecule is CC(C)CCC[C@H](C)[C@H]1CC[C@H]2C(O)CCC[C@]12C. The summed E-state index contributed by atoms with van der Waals surface area (Å²) in [5, 5.41) is 10.3. The molecule has 0 aromatic carbocycles. The average molecular weight is 266 g/mol. The highest BCUT2D eigenvalue weighted by atomic mass is 16.3. The Labute approximate surface area is 120 Å².